The van der Waals surface area contributed by atoms with E-state index in [2.05, 4.69) is 20.8 Å². The first-order valence-corrected chi connectivity index (χ1v) is 5.32. The van der Waals surface area contributed by atoms with Crippen LogP contribution in [0, 0.1) is 13.8 Å². The monoisotopic (exact) mass is 242 g/mol. The zero-order valence-corrected chi connectivity index (χ0v) is 10.5. The maximum absolute atomic E-state index is 11.3. The molecule has 0 radical (unpaired) electrons. The van der Waals surface area contributed by atoms with Crippen LogP contribution in [0.25, 0.3) is 0 Å². The summed E-state index contributed by atoms with van der Waals surface area (Å²) in [5.74, 6) is 0.479. The van der Waals surface area contributed by atoms with Crippen molar-refractivity contribution in [3.63, 3.8) is 0 Å². The fourth-order valence-electron chi connectivity index (χ4n) is 1.20. The molecule has 0 saturated carbocycles. The van der Waals surface area contributed by atoms with E-state index in [0.29, 0.717) is 11.0 Å². The van der Waals surface area contributed by atoms with E-state index in [1.165, 1.54) is 0 Å². The number of anilines is 1. The highest BCUT2D eigenvalue weighted by Crippen LogP contribution is 2.20. The van der Waals surface area contributed by atoms with Gasteiger partial charge in [0.05, 0.1) is 0 Å². The lowest BCUT2D eigenvalue weighted by molar-refractivity contribution is -0.121. The zero-order valence-electron chi connectivity index (χ0n) is 9.76. The molecular weight excluding hydrogens is 228 g/mol. The Morgan fingerprint density at radius 2 is 1.94 bits per heavy atom. The molecule has 1 heterocycles. The average molecular weight is 243 g/mol. The molecule has 1 amide bonds. The SMILES string of the molecule is CNC(=O)C(C)Nc1nnc(Cl)c(C)c1C. The molecule has 2 N–H and O–H groups in total. The number of carbonyl (C=O) groups excluding carboxylic acids is 1. The van der Waals surface area contributed by atoms with E-state index in [9.17, 15) is 4.79 Å². The first-order valence-electron chi connectivity index (χ1n) is 4.95. The molecule has 1 rings (SSSR count). The van der Waals surface area contributed by atoms with E-state index in [4.69, 9.17) is 11.6 Å². The Morgan fingerprint density at radius 1 is 1.31 bits per heavy atom. The van der Waals surface area contributed by atoms with Crippen molar-refractivity contribution < 1.29 is 4.79 Å². The maximum atomic E-state index is 11.3. The molecule has 0 aliphatic rings. The van der Waals surface area contributed by atoms with Gasteiger partial charge in [-0.3, -0.25) is 4.79 Å². The Labute approximate surface area is 99.6 Å². The van der Waals surface area contributed by atoms with Crippen molar-refractivity contribution in [3.8, 4) is 0 Å². The van der Waals surface area contributed by atoms with Crippen molar-refractivity contribution in [1.29, 1.82) is 0 Å². The largest absolute Gasteiger partial charge is 0.357 e. The third kappa shape index (κ3) is 2.61. The highest BCUT2D eigenvalue weighted by Gasteiger charge is 2.14. The lowest BCUT2D eigenvalue weighted by atomic mass is 10.2. The van der Waals surface area contributed by atoms with Crippen LogP contribution < -0.4 is 10.6 Å². The van der Waals surface area contributed by atoms with E-state index in [-0.39, 0.29) is 11.9 Å². The molecule has 0 aliphatic carbocycles. The summed E-state index contributed by atoms with van der Waals surface area (Å²) in [5.41, 5.74) is 1.76. The Kier molecular flexibility index (Phi) is 4.06. The Bertz CT molecular complexity index is 408. The molecule has 1 aromatic rings. The molecule has 88 valence electrons. The minimum absolute atomic E-state index is 0.103. The number of nitrogens with zero attached hydrogens (tertiary/aromatic N) is 2. The second kappa shape index (κ2) is 5.12. The number of rotatable bonds is 3. The second-order valence-corrected chi connectivity index (χ2v) is 3.93. The number of amides is 1. The van der Waals surface area contributed by atoms with Crippen LogP contribution in [0.5, 0.6) is 0 Å². The van der Waals surface area contributed by atoms with Gasteiger partial charge in [0.25, 0.3) is 0 Å². The molecule has 0 aliphatic heterocycles. The van der Waals surface area contributed by atoms with Gasteiger partial charge in [-0.05, 0) is 31.9 Å². The molecule has 16 heavy (non-hydrogen) atoms. The van der Waals surface area contributed by atoms with Crippen LogP contribution in [-0.2, 0) is 4.79 Å². The smallest absolute Gasteiger partial charge is 0.241 e. The Hall–Kier alpha value is -1.36. The summed E-state index contributed by atoms with van der Waals surface area (Å²) in [6.45, 7) is 5.50. The van der Waals surface area contributed by atoms with Gasteiger partial charge in [0, 0.05) is 7.05 Å². The van der Waals surface area contributed by atoms with Gasteiger partial charge in [0.1, 0.15) is 6.04 Å². The molecule has 6 heteroatoms. The van der Waals surface area contributed by atoms with Crippen molar-refractivity contribution in [2.24, 2.45) is 0 Å². The zero-order chi connectivity index (χ0) is 12.3. The first kappa shape index (κ1) is 12.7. The third-order valence-corrected chi connectivity index (χ3v) is 2.82. The third-order valence-electron chi connectivity index (χ3n) is 2.46. The summed E-state index contributed by atoms with van der Waals surface area (Å²) < 4.78 is 0. The van der Waals surface area contributed by atoms with Crippen LogP contribution >= 0.6 is 11.6 Å². The van der Waals surface area contributed by atoms with Crippen LogP contribution in [0.1, 0.15) is 18.1 Å². The fourth-order valence-corrected chi connectivity index (χ4v) is 1.38. The van der Waals surface area contributed by atoms with Gasteiger partial charge in [-0.2, -0.15) is 0 Å². The van der Waals surface area contributed by atoms with Crippen LogP contribution in [0.15, 0.2) is 0 Å². The standard InChI is InChI=1S/C10H15ClN4O/c1-5-6(2)9(15-14-8(5)11)13-7(3)10(16)12-4/h7H,1-4H3,(H,12,16)(H,13,15). The molecule has 0 bridgehead atoms. The van der Waals surface area contributed by atoms with E-state index in [0.717, 1.165) is 11.1 Å². The van der Waals surface area contributed by atoms with Crippen molar-refractivity contribution in [1.82, 2.24) is 15.5 Å². The molecule has 0 saturated heterocycles. The van der Waals surface area contributed by atoms with Gasteiger partial charge in [-0.1, -0.05) is 11.6 Å². The van der Waals surface area contributed by atoms with Gasteiger partial charge in [0.15, 0.2) is 11.0 Å². The summed E-state index contributed by atoms with van der Waals surface area (Å²) in [6, 6.07) is -0.362. The van der Waals surface area contributed by atoms with E-state index >= 15 is 0 Å². The topological polar surface area (TPSA) is 66.9 Å². The minimum Gasteiger partial charge on any atom is -0.357 e. The molecule has 0 fully saturated rings. The summed E-state index contributed by atoms with van der Waals surface area (Å²) in [5, 5.41) is 13.6. The van der Waals surface area contributed by atoms with Crippen LogP contribution in [-0.4, -0.2) is 29.2 Å². The van der Waals surface area contributed by atoms with Crippen molar-refractivity contribution in [2.75, 3.05) is 12.4 Å². The molecular formula is C10H15ClN4O. The van der Waals surface area contributed by atoms with Gasteiger partial charge in [0.2, 0.25) is 5.91 Å². The maximum Gasteiger partial charge on any atom is 0.241 e. The normalized spacial score (nSPS) is 12.1. The lowest BCUT2D eigenvalue weighted by Crippen LogP contribution is -2.35. The molecule has 1 unspecified atom stereocenters. The lowest BCUT2D eigenvalue weighted by Gasteiger charge is -2.15. The summed E-state index contributed by atoms with van der Waals surface area (Å²) in [4.78, 5) is 11.3. The number of hydrogen-bond donors (Lipinski definition) is 2. The van der Waals surface area contributed by atoms with Crippen molar-refractivity contribution in [2.45, 2.75) is 26.8 Å². The number of likely N-dealkylation sites (N-methyl/N-ethyl adjacent to an activating group) is 1. The van der Waals surface area contributed by atoms with Gasteiger partial charge in [-0.15, -0.1) is 10.2 Å². The number of carbonyl (C=O) groups is 1. The highest BCUT2D eigenvalue weighted by molar-refractivity contribution is 6.30. The average Bonchev–Trinajstić information content (AvgIpc) is 2.28. The summed E-state index contributed by atoms with van der Waals surface area (Å²) >= 11 is 5.83. The van der Waals surface area contributed by atoms with E-state index in [1.807, 2.05) is 13.8 Å². The van der Waals surface area contributed by atoms with Crippen molar-refractivity contribution in [3.05, 3.63) is 16.3 Å². The van der Waals surface area contributed by atoms with Gasteiger partial charge in [-0.25, -0.2) is 0 Å². The molecule has 5 nitrogen and oxygen atoms in total. The second-order valence-electron chi connectivity index (χ2n) is 3.57. The first-order chi connectivity index (χ1) is 7.47. The van der Waals surface area contributed by atoms with Crippen molar-refractivity contribution >= 4 is 23.3 Å². The van der Waals surface area contributed by atoms with Gasteiger partial charge < -0.3 is 10.6 Å². The van der Waals surface area contributed by atoms with E-state index < -0.39 is 0 Å². The Balaban J connectivity index is 2.90. The minimum atomic E-state index is -0.362. The number of hydrogen-bond acceptors (Lipinski definition) is 4. The summed E-state index contributed by atoms with van der Waals surface area (Å²) in [7, 11) is 1.59. The van der Waals surface area contributed by atoms with Crippen LogP contribution in [0.2, 0.25) is 5.15 Å². The van der Waals surface area contributed by atoms with Crippen LogP contribution in [0.4, 0.5) is 5.82 Å². The summed E-state index contributed by atoms with van der Waals surface area (Å²) in [6.07, 6.45) is 0. The quantitative estimate of drug-likeness (QED) is 0.838. The molecule has 0 aromatic carbocycles. The molecule has 1 atom stereocenters. The number of nitrogens with one attached hydrogen (secondary N) is 2. The Morgan fingerprint density at radius 3 is 2.50 bits per heavy atom. The number of halogens is 1. The predicted molar refractivity (Wildman–Crippen MR) is 63.7 cm³/mol. The fraction of sp³-hybridized carbons (Fsp3) is 0.500. The molecule has 1 aromatic heterocycles. The van der Waals surface area contributed by atoms with Gasteiger partial charge >= 0.3 is 0 Å². The van der Waals surface area contributed by atoms with Crippen LogP contribution in [0.3, 0.4) is 0 Å². The molecule has 0 spiro atoms. The predicted octanol–water partition coefficient (Wildman–Crippen LogP) is 1.29. The van der Waals surface area contributed by atoms with E-state index in [1.54, 1.807) is 14.0 Å². The number of aromatic nitrogens is 2. The highest BCUT2D eigenvalue weighted by atomic mass is 35.5.